The van der Waals surface area contributed by atoms with Crippen molar-refractivity contribution in [2.45, 2.75) is 64.7 Å². The van der Waals surface area contributed by atoms with E-state index in [1.54, 1.807) is 0 Å². The Morgan fingerprint density at radius 3 is 2.50 bits per heavy atom. The maximum Gasteiger partial charge on any atom is 0.0975 e. The zero-order valence-electron chi connectivity index (χ0n) is 11.1. The molecule has 3 nitrogen and oxygen atoms in total. The third-order valence-corrected chi connectivity index (χ3v) is 2.83. The van der Waals surface area contributed by atoms with Crippen molar-refractivity contribution in [3.8, 4) is 0 Å². The van der Waals surface area contributed by atoms with Gasteiger partial charge in [-0.25, -0.2) is 0 Å². The molecule has 3 heteroatoms. The first-order valence-electron chi connectivity index (χ1n) is 6.46. The predicted molar refractivity (Wildman–Crippen MR) is 66.5 cm³/mol. The van der Waals surface area contributed by atoms with Crippen molar-refractivity contribution in [3.63, 3.8) is 0 Å². The minimum atomic E-state index is -0.742. The average Bonchev–Trinajstić information content (AvgIpc) is 2.94. The fourth-order valence-electron chi connectivity index (χ4n) is 1.76. The van der Waals surface area contributed by atoms with Gasteiger partial charge in [-0.05, 0) is 39.0 Å². The minimum absolute atomic E-state index is 0.229. The SMILES string of the molecule is CC(C)CC(C)OCC(C)(O)CNC1CC1. The zero-order valence-corrected chi connectivity index (χ0v) is 11.1. The van der Waals surface area contributed by atoms with Crippen LogP contribution in [0.3, 0.4) is 0 Å². The molecule has 1 aliphatic carbocycles. The number of ether oxygens (including phenoxy) is 1. The summed E-state index contributed by atoms with van der Waals surface area (Å²) in [7, 11) is 0. The molecular weight excluding hydrogens is 202 g/mol. The molecule has 0 heterocycles. The van der Waals surface area contributed by atoms with Crippen molar-refractivity contribution in [3.05, 3.63) is 0 Å². The fraction of sp³-hybridized carbons (Fsp3) is 1.00. The van der Waals surface area contributed by atoms with Crippen molar-refractivity contribution < 1.29 is 9.84 Å². The Hall–Kier alpha value is -0.120. The van der Waals surface area contributed by atoms with E-state index in [-0.39, 0.29) is 6.10 Å². The Bertz CT molecular complexity index is 200. The van der Waals surface area contributed by atoms with E-state index in [4.69, 9.17) is 4.74 Å². The number of hydrogen-bond acceptors (Lipinski definition) is 3. The van der Waals surface area contributed by atoms with E-state index in [0.29, 0.717) is 25.1 Å². The van der Waals surface area contributed by atoms with Crippen molar-refractivity contribution in [2.75, 3.05) is 13.2 Å². The van der Waals surface area contributed by atoms with Crippen molar-refractivity contribution in [2.24, 2.45) is 5.92 Å². The largest absolute Gasteiger partial charge is 0.386 e. The van der Waals surface area contributed by atoms with Crippen molar-refractivity contribution >= 4 is 0 Å². The Balaban J connectivity index is 2.12. The molecule has 0 radical (unpaired) electrons. The molecule has 0 bridgehead atoms. The van der Waals surface area contributed by atoms with Crippen LogP contribution in [0.25, 0.3) is 0 Å². The summed E-state index contributed by atoms with van der Waals surface area (Å²) in [4.78, 5) is 0. The van der Waals surface area contributed by atoms with E-state index < -0.39 is 5.60 Å². The van der Waals surface area contributed by atoms with Crippen molar-refractivity contribution in [1.29, 1.82) is 0 Å². The lowest BCUT2D eigenvalue weighted by molar-refractivity contribution is -0.0612. The third kappa shape index (κ3) is 6.46. The number of hydrogen-bond donors (Lipinski definition) is 2. The van der Waals surface area contributed by atoms with Crippen LogP contribution in [0.15, 0.2) is 0 Å². The first kappa shape index (κ1) is 13.9. The standard InChI is InChI=1S/C13H27NO2/c1-10(2)7-11(3)16-9-13(4,15)8-14-12-5-6-12/h10-12,14-15H,5-9H2,1-4H3. The zero-order chi connectivity index (χ0) is 12.2. The van der Waals surface area contributed by atoms with E-state index in [0.717, 1.165) is 6.42 Å². The van der Waals surface area contributed by atoms with Crippen molar-refractivity contribution in [1.82, 2.24) is 5.32 Å². The van der Waals surface area contributed by atoms with Gasteiger partial charge in [0, 0.05) is 12.6 Å². The monoisotopic (exact) mass is 229 g/mol. The maximum absolute atomic E-state index is 10.1. The minimum Gasteiger partial charge on any atom is -0.386 e. The van der Waals surface area contributed by atoms with Gasteiger partial charge in [-0.15, -0.1) is 0 Å². The normalized spacial score (nSPS) is 22.1. The second kappa shape index (κ2) is 5.99. The molecule has 0 aliphatic heterocycles. The van der Waals surface area contributed by atoms with Gasteiger partial charge in [-0.3, -0.25) is 0 Å². The van der Waals surface area contributed by atoms with Gasteiger partial charge in [-0.1, -0.05) is 13.8 Å². The molecule has 1 rings (SSSR count). The highest BCUT2D eigenvalue weighted by atomic mass is 16.5. The van der Waals surface area contributed by atoms with Crippen LogP contribution in [-0.2, 0) is 4.74 Å². The molecule has 96 valence electrons. The highest BCUT2D eigenvalue weighted by Crippen LogP contribution is 2.19. The number of rotatable bonds is 8. The Morgan fingerprint density at radius 1 is 1.38 bits per heavy atom. The summed E-state index contributed by atoms with van der Waals surface area (Å²) in [6, 6.07) is 0.638. The molecule has 16 heavy (non-hydrogen) atoms. The summed E-state index contributed by atoms with van der Waals surface area (Å²) >= 11 is 0. The van der Waals surface area contributed by atoms with Crippen LogP contribution >= 0.6 is 0 Å². The lowest BCUT2D eigenvalue weighted by Gasteiger charge is -2.26. The van der Waals surface area contributed by atoms with Crippen LogP contribution in [0.2, 0.25) is 0 Å². The Kier molecular flexibility index (Phi) is 5.22. The molecule has 1 aliphatic rings. The molecule has 2 N–H and O–H groups in total. The van der Waals surface area contributed by atoms with Gasteiger partial charge in [0.25, 0.3) is 0 Å². The third-order valence-electron chi connectivity index (χ3n) is 2.83. The summed E-state index contributed by atoms with van der Waals surface area (Å²) in [5, 5.41) is 13.4. The van der Waals surface area contributed by atoms with Gasteiger partial charge in [0.1, 0.15) is 0 Å². The molecule has 0 spiro atoms. The highest BCUT2D eigenvalue weighted by Gasteiger charge is 2.27. The van der Waals surface area contributed by atoms with Gasteiger partial charge in [0.2, 0.25) is 0 Å². The molecule has 2 atom stereocenters. The summed E-state index contributed by atoms with van der Waals surface area (Å²) in [5.41, 5.74) is -0.742. The summed E-state index contributed by atoms with van der Waals surface area (Å²) in [5.74, 6) is 0.643. The van der Waals surface area contributed by atoms with E-state index in [1.165, 1.54) is 12.8 Å². The van der Waals surface area contributed by atoms with Gasteiger partial charge < -0.3 is 15.2 Å². The van der Waals surface area contributed by atoms with Crippen LogP contribution in [0.5, 0.6) is 0 Å². The molecule has 2 unspecified atom stereocenters. The molecular formula is C13H27NO2. The van der Waals surface area contributed by atoms with Crippen LogP contribution in [-0.4, -0.2) is 36.0 Å². The highest BCUT2D eigenvalue weighted by molar-refractivity contribution is 4.85. The second-order valence-corrected chi connectivity index (χ2v) is 5.90. The van der Waals surface area contributed by atoms with Crippen LogP contribution < -0.4 is 5.32 Å². The van der Waals surface area contributed by atoms with Gasteiger partial charge in [0.05, 0.1) is 18.3 Å². The van der Waals surface area contributed by atoms with Gasteiger partial charge in [0.15, 0.2) is 0 Å². The maximum atomic E-state index is 10.1. The first-order valence-corrected chi connectivity index (χ1v) is 6.46. The number of nitrogens with one attached hydrogen (secondary N) is 1. The van der Waals surface area contributed by atoms with Crippen LogP contribution in [0.4, 0.5) is 0 Å². The first-order chi connectivity index (χ1) is 7.39. The fourth-order valence-corrected chi connectivity index (χ4v) is 1.76. The summed E-state index contributed by atoms with van der Waals surface area (Å²) < 4.78 is 5.68. The van der Waals surface area contributed by atoms with Gasteiger partial charge >= 0.3 is 0 Å². The van der Waals surface area contributed by atoms with E-state index in [1.807, 2.05) is 6.92 Å². The predicted octanol–water partition coefficient (Wildman–Crippen LogP) is 1.94. The van der Waals surface area contributed by atoms with Crippen LogP contribution in [0.1, 0.15) is 47.0 Å². The van der Waals surface area contributed by atoms with E-state index in [2.05, 4.69) is 26.1 Å². The average molecular weight is 229 g/mol. The molecule has 1 saturated carbocycles. The molecule has 0 saturated heterocycles. The summed E-state index contributed by atoms with van der Waals surface area (Å²) in [6.07, 6.45) is 3.78. The molecule has 0 aromatic heterocycles. The second-order valence-electron chi connectivity index (χ2n) is 5.90. The summed E-state index contributed by atoms with van der Waals surface area (Å²) in [6.45, 7) is 9.33. The lowest BCUT2D eigenvalue weighted by Crippen LogP contribution is -2.43. The topological polar surface area (TPSA) is 41.5 Å². The van der Waals surface area contributed by atoms with E-state index in [9.17, 15) is 5.11 Å². The smallest absolute Gasteiger partial charge is 0.0975 e. The Labute approximate surface area is 99.6 Å². The Morgan fingerprint density at radius 2 is 2.00 bits per heavy atom. The molecule has 0 aromatic carbocycles. The molecule has 0 aromatic rings. The lowest BCUT2D eigenvalue weighted by atomic mass is 10.1. The molecule has 1 fully saturated rings. The molecule has 0 amide bonds. The van der Waals surface area contributed by atoms with Crippen LogP contribution in [0, 0.1) is 5.92 Å². The van der Waals surface area contributed by atoms with Gasteiger partial charge in [-0.2, -0.15) is 0 Å². The number of aliphatic hydroxyl groups is 1. The van der Waals surface area contributed by atoms with E-state index >= 15 is 0 Å². The quantitative estimate of drug-likeness (QED) is 0.668.